The van der Waals surface area contributed by atoms with E-state index in [1.165, 1.54) is 19.2 Å². The van der Waals surface area contributed by atoms with Gasteiger partial charge in [0.2, 0.25) is 0 Å². The van der Waals surface area contributed by atoms with E-state index in [0.717, 1.165) is 18.2 Å². The zero-order valence-corrected chi connectivity index (χ0v) is 18.9. The molecule has 0 bridgehead atoms. The maximum Gasteiger partial charge on any atom is 0.407 e. The van der Waals surface area contributed by atoms with Crippen molar-refractivity contribution in [2.75, 3.05) is 25.0 Å². The van der Waals surface area contributed by atoms with Crippen molar-refractivity contribution < 1.29 is 32.3 Å². The van der Waals surface area contributed by atoms with Gasteiger partial charge in [-0.15, -0.1) is 0 Å². The molecule has 0 saturated carbocycles. The Hall–Kier alpha value is -3.54. The van der Waals surface area contributed by atoms with Gasteiger partial charge in [-0.2, -0.15) is 0 Å². The molecule has 2 rings (SSSR count). The molecular formula is C20H25N3O8S. The number of rotatable bonds is 9. The number of carbonyl (C=O) groups is 1. The van der Waals surface area contributed by atoms with Crippen molar-refractivity contribution in [3.05, 3.63) is 52.6 Å². The summed E-state index contributed by atoms with van der Waals surface area (Å²) in [6, 6.07) is 9.39. The molecule has 0 fully saturated rings. The fourth-order valence-electron chi connectivity index (χ4n) is 2.49. The van der Waals surface area contributed by atoms with Crippen LogP contribution in [0, 0.1) is 10.1 Å². The van der Waals surface area contributed by atoms with Gasteiger partial charge in [-0.05, 0) is 39.0 Å². The molecular weight excluding hydrogens is 442 g/mol. The zero-order valence-electron chi connectivity index (χ0n) is 18.1. The summed E-state index contributed by atoms with van der Waals surface area (Å²) in [6.45, 7) is 5.57. The number of benzene rings is 2. The van der Waals surface area contributed by atoms with E-state index < -0.39 is 26.6 Å². The number of anilines is 1. The molecule has 0 aliphatic heterocycles. The fraction of sp³-hybridized carbons (Fsp3) is 0.350. The molecule has 2 aromatic carbocycles. The van der Waals surface area contributed by atoms with Crippen LogP contribution in [0.25, 0.3) is 0 Å². The number of ether oxygens (including phenoxy) is 3. The van der Waals surface area contributed by atoms with Crippen LogP contribution >= 0.6 is 0 Å². The molecule has 11 nitrogen and oxygen atoms in total. The maximum absolute atomic E-state index is 12.8. The highest BCUT2D eigenvalue weighted by Gasteiger charge is 2.22. The van der Waals surface area contributed by atoms with Gasteiger partial charge in [-0.25, -0.2) is 13.2 Å². The lowest BCUT2D eigenvalue weighted by atomic mass is 10.2. The van der Waals surface area contributed by atoms with Gasteiger partial charge in [0.15, 0.2) is 0 Å². The number of nitrogens with one attached hydrogen (secondary N) is 2. The number of nitro groups is 1. The molecule has 0 heterocycles. The summed E-state index contributed by atoms with van der Waals surface area (Å²) < 4.78 is 43.6. The molecule has 0 aliphatic rings. The van der Waals surface area contributed by atoms with Gasteiger partial charge >= 0.3 is 6.09 Å². The number of nitro benzene ring substituents is 1. The minimum absolute atomic E-state index is 0.131. The van der Waals surface area contributed by atoms with Gasteiger partial charge in [-0.1, -0.05) is 6.07 Å². The summed E-state index contributed by atoms with van der Waals surface area (Å²) in [5.41, 5.74) is -0.692. The number of sulfonamides is 1. The van der Waals surface area contributed by atoms with E-state index in [4.69, 9.17) is 14.2 Å². The number of carbonyl (C=O) groups excluding carboxylic acids is 1. The van der Waals surface area contributed by atoms with E-state index in [1.807, 2.05) is 0 Å². The van der Waals surface area contributed by atoms with Crippen molar-refractivity contribution in [1.82, 2.24) is 5.32 Å². The molecule has 2 N–H and O–H groups in total. The standard InChI is InChI=1S/C20H25N3O8S/c1-20(2,3)31-19(24)21-10-11-30-16-7-5-6-14(12-16)22-32(27,28)18-9-8-15(23(25)26)13-17(18)29-4/h5-9,12-13,22H,10-11H2,1-4H3,(H,21,24). The third kappa shape index (κ3) is 7.30. The lowest BCUT2D eigenvalue weighted by Gasteiger charge is -2.19. The molecule has 0 unspecified atom stereocenters. The normalized spacial score (nSPS) is 11.4. The van der Waals surface area contributed by atoms with Gasteiger partial charge in [0.25, 0.3) is 15.7 Å². The van der Waals surface area contributed by atoms with Crippen LogP contribution in [0.15, 0.2) is 47.4 Å². The quantitative estimate of drug-likeness (QED) is 0.324. The van der Waals surface area contributed by atoms with Crippen LogP contribution in [0.2, 0.25) is 0 Å². The SMILES string of the molecule is COc1cc([N+](=O)[O-])ccc1S(=O)(=O)Nc1cccc(OCCNC(=O)OC(C)(C)C)c1. The second kappa shape index (κ2) is 10.2. The average molecular weight is 468 g/mol. The molecule has 0 atom stereocenters. The third-order valence-corrected chi connectivity index (χ3v) is 5.19. The average Bonchev–Trinajstić information content (AvgIpc) is 2.69. The lowest BCUT2D eigenvalue weighted by molar-refractivity contribution is -0.385. The second-order valence-corrected chi connectivity index (χ2v) is 9.15. The van der Waals surface area contributed by atoms with Gasteiger partial charge in [-0.3, -0.25) is 14.8 Å². The molecule has 1 amide bonds. The van der Waals surface area contributed by atoms with Crippen molar-refractivity contribution in [2.24, 2.45) is 0 Å². The number of amides is 1. The van der Waals surface area contributed by atoms with E-state index in [1.54, 1.807) is 32.9 Å². The van der Waals surface area contributed by atoms with Crippen LogP contribution in [0.4, 0.5) is 16.2 Å². The van der Waals surface area contributed by atoms with E-state index in [-0.39, 0.29) is 35.2 Å². The van der Waals surface area contributed by atoms with Crippen LogP contribution in [0.3, 0.4) is 0 Å². The molecule has 32 heavy (non-hydrogen) atoms. The molecule has 12 heteroatoms. The summed E-state index contributed by atoms with van der Waals surface area (Å²) >= 11 is 0. The lowest BCUT2D eigenvalue weighted by Crippen LogP contribution is -2.34. The fourth-order valence-corrected chi connectivity index (χ4v) is 3.69. The topological polar surface area (TPSA) is 146 Å². The highest BCUT2D eigenvalue weighted by atomic mass is 32.2. The summed E-state index contributed by atoms with van der Waals surface area (Å²) in [5.74, 6) is 0.208. The number of methoxy groups -OCH3 is 1. The minimum Gasteiger partial charge on any atom is -0.495 e. The Bertz CT molecular complexity index is 1080. The van der Waals surface area contributed by atoms with Gasteiger partial charge < -0.3 is 19.5 Å². The second-order valence-electron chi connectivity index (χ2n) is 7.50. The van der Waals surface area contributed by atoms with E-state index in [9.17, 15) is 23.3 Å². The Labute approximate surface area is 185 Å². The summed E-state index contributed by atoms with van der Waals surface area (Å²) in [7, 11) is -2.88. The molecule has 0 aromatic heterocycles. The first-order valence-electron chi connectivity index (χ1n) is 9.46. The van der Waals surface area contributed by atoms with E-state index >= 15 is 0 Å². The molecule has 0 saturated heterocycles. The van der Waals surface area contributed by atoms with Crippen LogP contribution < -0.4 is 19.5 Å². The van der Waals surface area contributed by atoms with Gasteiger partial charge in [0.05, 0.1) is 30.3 Å². The largest absolute Gasteiger partial charge is 0.495 e. The minimum atomic E-state index is -4.10. The Morgan fingerprint density at radius 3 is 2.50 bits per heavy atom. The van der Waals surface area contributed by atoms with E-state index in [0.29, 0.717) is 5.75 Å². The number of alkyl carbamates (subject to hydrolysis) is 1. The third-order valence-electron chi connectivity index (χ3n) is 3.77. The van der Waals surface area contributed by atoms with Crippen LogP contribution in [0.5, 0.6) is 11.5 Å². The molecule has 0 spiro atoms. The number of nitrogens with zero attached hydrogens (tertiary/aromatic N) is 1. The number of non-ortho nitro benzene ring substituents is 1. The summed E-state index contributed by atoms with van der Waals surface area (Å²) in [5, 5.41) is 13.5. The Kier molecular flexibility index (Phi) is 7.87. The summed E-state index contributed by atoms with van der Waals surface area (Å²) in [4.78, 5) is 21.6. The first-order valence-corrected chi connectivity index (χ1v) is 10.9. The highest BCUT2D eigenvalue weighted by molar-refractivity contribution is 7.92. The predicted molar refractivity (Wildman–Crippen MR) is 117 cm³/mol. The highest BCUT2D eigenvalue weighted by Crippen LogP contribution is 2.30. The molecule has 2 aromatic rings. The van der Waals surface area contributed by atoms with Crippen molar-refractivity contribution in [3.63, 3.8) is 0 Å². The monoisotopic (exact) mass is 467 g/mol. The zero-order chi connectivity index (χ0) is 23.9. The Balaban J connectivity index is 2.03. The van der Waals surface area contributed by atoms with Crippen molar-refractivity contribution in [3.8, 4) is 11.5 Å². The molecule has 0 radical (unpaired) electrons. The van der Waals surface area contributed by atoms with Crippen LogP contribution in [-0.4, -0.2) is 45.3 Å². The number of hydrogen-bond donors (Lipinski definition) is 2. The van der Waals surface area contributed by atoms with Crippen LogP contribution in [0.1, 0.15) is 20.8 Å². The van der Waals surface area contributed by atoms with Crippen molar-refractivity contribution in [2.45, 2.75) is 31.3 Å². The Morgan fingerprint density at radius 1 is 1.16 bits per heavy atom. The van der Waals surface area contributed by atoms with E-state index in [2.05, 4.69) is 10.0 Å². The van der Waals surface area contributed by atoms with Crippen molar-refractivity contribution >= 4 is 27.5 Å². The number of hydrogen-bond acceptors (Lipinski definition) is 8. The molecule has 0 aliphatic carbocycles. The van der Waals surface area contributed by atoms with Crippen molar-refractivity contribution in [1.29, 1.82) is 0 Å². The van der Waals surface area contributed by atoms with Gasteiger partial charge in [0.1, 0.15) is 28.6 Å². The van der Waals surface area contributed by atoms with Gasteiger partial charge in [0, 0.05) is 12.1 Å². The summed E-state index contributed by atoms with van der Waals surface area (Å²) in [6.07, 6.45) is -0.570. The molecule has 174 valence electrons. The van der Waals surface area contributed by atoms with Crippen LogP contribution in [-0.2, 0) is 14.8 Å². The Morgan fingerprint density at radius 2 is 1.88 bits per heavy atom. The maximum atomic E-state index is 12.8. The smallest absolute Gasteiger partial charge is 0.407 e. The predicted octanol–water partition coefficient (Wildman–Crippen LogP) is 3.31. The first kappa shape index (κ1) is 24.7. The first-order chi connectivity index (χ1) is 14.9.